The van der Waals surface area contributed by atoms with Crippen LogP contribution < -0.4 is 10.6 Å². The highest BCUT2D eigenvalue weighted by Crippen LogP contribution is 2.39. The van der Waals surface area contributed by atoms with Crippen molar-refractivity contribution in [1.82, 2.24) is 25.3 Å². The summed E-state index contributed by atoms with van der Waals surface area (Å²) in [6, 6.07) is 7.20. The predicted molar refractivity (Wildman–Crippen MR) is 128 cm³/mol. The van der Waals surface area contributed by atoms with Gasteiger partial charge in [0.25, 0.3) is 0 Å². The Hall–Kier alpha value is -3.30. The molecule has 0 saturated heterocycles. The molecular weight excluding hydrogens is 460 g/mol. The van der Waals surface area contributed by atoms with E-state index in [2.05, 4.69) is 25.6 Å². The first-order valence-electron chi connectivity index (χ1n) is 10.7. The Kier molecular flexibility index (Phi) is 6.06. The van der Waals surface area contributed by atoms with Gasteiger partial charge in [-0.25, -0.2) is 24.7 Å². The fourth-order valence-corrected chi connectivity index (χ4v) is 4.87. The van der Waals surface area contributed by atoms with Gasteiger partial charge in [-0.3, -0.25) is 5.32 Å². The molecule has 0 aliphatic heterocycles. The number of hydrogen-bond acceptors (Lipinski definition) is 7. The second kappa shape index (κ2) is 9.29. The predicted octanol–water partition coefficient (Wildman–Crippen LogP) is 4.93. The molecule has 2 N–H and O–H groups in total. The highest BCUT2D eigenvalue weighted by atomic mass is 35.5. The molecule has 0 spiro atoms. The quantitative estimate of drug-likeness (QED) is 0.405. The zero-order valence-corrected chi connectivity index (χ0v) is 19.5. The number of anilines is 1. The van der Waals surface area contributed by atoms with E-state index in [1.165, 1.54) is 11.3 Å². The number of nitrogens with one attached hydrogen (secondary N) is 2. The van der Waals surface area contributed by atoms with Gasteiger partial charge in [-0.05, 0) is 30.5 Å². The largest absolute Gasteiger partial charge is 0.446 e. The van der Waals surface area contributed by atoms with Crippen LogP contribution in [-0.2, 0) is 25.7 Å². The first kappa shape index (κ1) is 21.5. The number of carbonyl (C=O) groups is 1. The van der Waals surface area contributed by atoms with Crippen LogP contribution in [0.25, 0.3) is 22.0 Å². The maximum atomic E-state index is 12.4. The number of oxazole rings is 1. The van der Waals surface area contributed by atoms with Gasteiger partial charge in [-0.1, -0.05) is 42.0 Å². The molecule has 3 aromatic heterocycles. The maximum Gasteiger partial charge on any atom is 0.321 e. The van der Waals surface area contributed by atoms with E-state index in [1.807, 2.05) is 37.4 Å². The van der Waals surface area contributed by atoms with Gasteiger partial charge in [0.2, 0.25) is 0 Å². The van der Waals surface area contributed by atoms with Crippen molar-refractivity contribution in [2.24, 2.45) is 0 Å². The molecule has 8 nitrogen and oxygen atoms in total. The molecule has 0 bridgehead atoms. The van der Waals surface area contributed by atoms with E-state index in [-0.39, 0.29) is 6.03 Å². The summed E-state index contributed by atoms with van der Waals surface area (Å²) < 4.78 is 5.56. The molecule has 0 atom stereocenters. The third-order valence-electron chi connectivity index (χ3n) is 5.32. The number of carbonyl (C=O) groups excluding carboxylic acids is 1. The van der Waals surface area contributed by atoms with Crippen molar-refractivity contribution in [3.63, 3.8) is 0 Å². The molecule has 33 heavy (non-hydrogen) atoms. The average Bonchev–Trinajstić information content (AvgIpc) is 3.45. The van der Waals surface area contributed by atoms with E-state index in [4.69, 9.17) is 21.0 Å². The molecular formula is C23H21ClN6O2S. The van der Waals surface area contributed by atoms with Crippen LogP contribution in [0.1, 0.15) is 29.8 Å². The van der Waals surface area contributed by atoms with Crippen LogP contribution in [-0.4, -0.2) is 32.5 Å². The Morgan fingerprint density at radius 2 is 2.06 bits per heavy atom. The Morgan fingerprint density at radius 3 is 2.88 bits per heavy atom. The third kappa shape index (κ3) is 4.60. The van der Waals surface area contributed by atoms with Crippen LogP contribution in [0.3, 0.4) is 0 Å². The Labute approximate surface area is 199 Å². The highest BCUT2D eigenvalue weighted by molar-refractivity contribution is 7.19. The normalized spacial score (nSPS) is 12.2. The molecule has 0 radical (unpaired) electrons. The number of nitrogens with zero attached hydrogens (tertiary/aromatic N) is 4. The minimum Gasteiger partial charge on any atom is -0.446 e. The number of amides is 2. The number of rotatable bonds is 6. The van der Waals surface area contributed by atoms with Gasteiger partial charge >= 0.3 is 6.03 Å². The number of aryl methyl sites for hydroxylation is 3. The summed E-state index contributed by atoms with van der Waals surface area (Å²) in [5.41, 5.74) is 3.63. The van der Waals surface area contributed by atoms with Gasteiger partial charge in [0, 0.05) is 31.1 Å². The van der Waals surface area contributed by atoms with Crippen molar-refractivity contribution < 1.29 is 9.21 Å². The number of aromatic nitrogens is 4. The lowest BCUT2D eigenvalue weighted by molar-refractivity contribution is 0.252. The number of thiazole rings is 1. The number of urea groups is 1. The molecule has 2 amide bonds. The summed E-state index contributed by atoms with van der Waals surface area (Å²) in [6.45, 7) is 2.42. The molecule has 168 valence electrons. The molecule has 4 aromatic rings. The zero-order valence-electron chi connectivity index (χ0n) is 17.9. The summed E-state index contributed by atoms with van der Waals surface area (Å²) in [6.07, 6.45) is 6.47. The van der Waals surface area contributed by atoms with E-state index < -0.39 is 0 Å². The second-order valence-corrected chi connectivity index (χ2v) is 8.95. The molecule has 1 aliphatic carbocycles. The van der Waals surface area contributed by atoms with E-state index in [1.54, 1.807) is 6.20 Å². The average molecular weight is 481 g/mol. The zero-order chi connectivity index (χ0) is 22.8. The monoisotopic (exact) mass is 480 g/mol. The van der Waals surface area contributed by atoms with E-state index in [9.17, 15) is 4.79 Å². The SMILES string of the molecule is CCc1cnc(CCNC(=O)Nc2nc3c(s2)-c2nc(-c4ccccc4Cl)ncc2CC3)o1. The topological polar surface area (TPSA) is 106 Å². The standard InChI is InChI=1S/C23H21ClN6O2S/c1-2-14-12-26-18(32-14)9-10-25-22(31)30-23-28-17-8-7-13-11-27-21(29-19(13)20(17)33-23)15-5-3-4-6-16(15)24/h3-6,11-12H,2,7-10H2,1H3,(H2,25,28,30,31). The fourth-order valence-electron chi connectivity index (χ4n) is 3.62. The smallest absolute Gasteiger partial charge is 0.321 e. The summed E-state index contributed by atoms with van der Waals surface area (Å²) in [4.78, 5) is 31.4. The lowest BCUT2D eigenvalue weighted by Gasteiger charge is -2.14. The Bertz CT molecular complexity index is 1320. The summed E-state index contributed by atoms with van der Waals surface area (Å²) in [5.74, 6) is 2.03. The number of benzene rings is 1. The highest BCUT2D eigenvalue weighted by Gasteiger charge is 2.24. The van der Waals surface area contributed by atoms with Crippen molar-refractivity contribution >= 4 is 34.1 Å². The second-order valence-electron chi connectivity index (χ2n) is 7.55. The van der Waals surface area contributed by atoms with Gasteiger partial charge in [0.15, 0.2) is 16.8 Å². The van der Waals surface area contributed by atoms with Crippen LogP contribution in [0, 0.1) is 0 Å². The Balaban J connectivity index is 1.28. The van der Waals surface area contributed by atoms with Crippen molar-refractivity contribution in [2.45, 2.75) is 32.6 Å². The lowest BCUT2D eigenvalue weighted by Crippen LogP contribution is -2.30. The van der Waals surface area contributed by atoms with Crippen molar-refractivity contribution in [2.75, 3.05) is 11.9 Å². The first-order chi connectivity index (χ1) is 16.1. The fraction of sp³-hybridized carbons (Fsp3) is 0.261. The number of halogens is 1. The maximum absolute atomic E-state index is 12.4. The third-order valence-corrected chi connectivity index (χ3v) is 6.67. The van der Waals surface area contributed by atoms with Gasteiger partial charge in [0.1, 0.15) is 5.76 Å². The van der Waals surface area contributed by atoms with Crippen molar-refractivity contribution in [1.29, 1.82) is 0 Å². The van der Waals surface area contributed by atoms with Crippen LogP contribution >= 0.6 is 22.9 Å². The molecule has 0 saturated carbocycles. The molecule has 0 fully saturated rings. The van der Waals surface area contributed by atoms with Gasteiger partial charge < -0.3 is 9.73 Å². The number of hydrogen-bond donors (Lipinski definition) is 2. The Morgan fingerprint density at radius 1 is 1.18 bits per heavy atom. The van der Waals surface area contributed by atoms with Crippen LogP contribution in [0.15, 0.2) is 41.1 Å². The van der Waals surface area contributed by atoms with Crippen molar-refractivity contribution in [3.05, 3.63) is 64.6 Å². The van der Waals surface area contributed by atoms with Gasteiger partial charge in [0.05, 0.1) is 27.5 Å². The first-order valence-corrected chi connectivity index (χ1v) is 11.9. The van der Waals surface area contributed by atoms with Crippen molar-refractivity contribution in [3.8, 4) is 22.0 Å². The van der Waals surface area contributed by atoms with Crippen LogP contribution in [0.5, 0.6) is 0 Å². The molecule has 1 aliphatic rings. The van der Waals surface area contributed by atoms with Crippen LogP contribution in [0.4, 0.5) is 9.93 Å². The molecule has 1 aromatic carbocycles. The molecule has 5 rings (SSSR count). The molecule has 3 heterocycles. The van der Waals surface area contributed by atoms with E-state index in [0.717, 1.165) is 52.4 Å². The summed E-state index contributed by atoms with van der Waals surface area (Å²) >= 11 is 7.75. The van der Waals surface area contributed by atoms with Gasteiger partial charge in [-0.2, -0.15) is 0 Å². The minimum absolute atomic E-state index is 0.317. The minimum atomic E-state index is -0.317. The van der Waals surface area contributed by atoms with E-state index in [0.29, 0.717) is 34.8 Å². The van der Waals surface area contributed by atoms with Gasteiger partial charge in [-0.15, -0.1) is 0 Å². The van der Waals surface area contributed by atoms with E-state index >= 15 is 0 Å². The number of fused-ring (bicyclic) bond motifs is 3. The summed E-state index contributed by atoms with van der Waals surface area (Å²) in [5, 5.41) is 6.79. The van der Waals surface area contributed by atoms with Crippen LogP contribution in [0.2, 0.25) is 5.02 Å². The summed E-state index contributed by atoms with van der Waals surface area (Å²) in [7, 11) is 0. The molecule has 10 heteroatoms. The lowest BCUT2D eigenvalue weighted by atomic mass is 9.99. The molecule has 0 unspecified atom stereocenters.